The van der Waals surface area contributed by atoms with Crippen molar-refractivity contribution in [3.05, 3.63) is 102 Å². The van der Waals surface area contributed by atoms with Crippen LogP contribution in [0.25, 0.3) is 11.1 Å². The zero-order valence-electron chi connectivity index (χ0n) is 22.3. The lowest BCUT2D eigenvalue weighted by Gasteiger charge is -2.25. The van der Waals surface area contributed by atoms with Gasteiger partial charge in [-0.15, -0.1) is 0 Å². The maximum atomic E-state index is 13.1. The molecule has 0 aromatic heterocycles. The summed E-state index contributed by atoms with van der Waals surface area (Å²) in [4.78, 5) is 11.0. The van der Waals surface area contributed by atoms with Crippen molar-refractivity contribution in [3.8, 4) is 11.1 Å². The topological polar surface area (TPSA) is 92.7 Å². The van der Waals surface area contributed by atoms with Gasteiger partial charge in [-0.25, -0.2) is 13.1 Å². The zero-order chi connectivity index (χ0) is 27.7. The molecule has 2 N–H and O–H groups in total. The van der Waals surface area contributed by atoms with Crippen LogP contribution < -0.4 is 4.72 Å². The largest absolute Gasteiger partial charge is 0.481 e. The van der Waals surface area contributed by atoms with Crippen molar-refractivity contribution in [2.45, 2.75) is 69.1 Å². The van der Waals surface area contributed by atoms with Crippen molar-refractivity contribution < 1.29 is 23.1 Å². The second-order valence-electron chi connectivity index (χ2n) is 10.2. The Kier molecular flexibility index (Phi) is 10.1. The molecule has 39 heavy (non-hydrogen) atoms. The molecular weight excluding hydrogens is 510 g/mol. The van der Waals surface area contributed by atoms with Crippen LogP contribution in [0.1, 0.15) is 49.7 Å². The Morgan fingerprint density at radius 3 is 2.33 bits per heavy atom. The highest BCUT2D eigenvalue weighted by molar-refractivity contribution is 7.89. The quantitative estimate of drug-likeness (QED) is 0.188. The predicted octanol–water partition coefficient (Wildman–Crippen LogP) is 6.51. The van der Waals surface area contributed by atoms with Crippen LogP contribution in [0, 0.1) is 12.8 Å². The summed E-state index contributed by atoms with van der Waals surface area (Å²) >= 11 is 0. The Bertz CT molecular complexity index is 1340. The van der Waals surface area contributed by atoms with Gasteiger partial charge in [0, 0.05) is 18.4 Å². The Balaban J connectivity index is 1.41. The van der Waals surface area contributed by atoms with E-state index in [-0.39, 0.29) is 29.4 Å². The molecule has 1 fully saturated rings. The smallest absolute Gasteiger partial charge is 0.303 e. The molecule has 0 bridgehead atoms. The standard InChI is InChI=1S/C32H37NO5S/c1-24-13-19-28(20-14-24)39(36,37)33-30-21-22-31(29(30)11-7-2-3-8-12-32(34)35)38-23-25-15-17-27(18-16-25)26-9-5-4-6-10-26/h2,4-7,9-10,13-20,29-31,33H,3,8,11-12,21-23H2,1H3,(H,34,35)/t29-,30+,31+/m1/s1. The maximum Gasteiger partial charge on any atom is 0.303 e. The first-order chi connectivity index (χ1) is 18.8. The van der Waals surface area contributed by atoms with Crippen LogP contribution in [0.5, 0.6) is 0 Å². The molecule has 0 heterocycles. The number of aryl methyl sites for hydroxylation is 1. The monoisotopic (exact) mass is 547 g/mol. The molecule has 1 aliphatic carbocycles. The van der Waals surface area contributed by atoms with Gasteiger partial charge in [0.05, 0.1) is 17.6 Å². The Morgan fingerprint density at radius 1 is 0.949 bits per heavy atom. The number of ether oxygens (including phenoxy) is 1. The van der Waals surface area contributed by atoms with E-state index in [1.54, 1.807) is 24.3 Å². The first kappa shape index (κ1) is 28.7. The Labute approximate surface area is 231 Å². The van der Waals surface area contributed by atoms with Crippen LogP contribution in [-0.2, 0) is 26.2 Å². The highest BCUT2D eigenvalue weighted by Crippen LogP contribution is 2.34. The molecule has 3 aromatic rings. The van der Waals surface area contributed by atoms with Crippen molar-refractivity contribution in [1.82, 2.24) is 4.72 Å². The van der Waals surface area contributed by atoms with Gasteiger partial charge in [0.1, 0.15) is 0 Å². The lowest BCUT2D eigenvalue weighted by Crippen LogP contribution is -2.39. The number of aliphatic carboxylic acids is 1. The average Bonchev–Trinajstić information content (AvgIpc) is 3.30. The minimum absolute atomic E-state index is 0.0236. The third-order valence-electron chi connectivity index (χ3n) is 7.26. The van der Waals surface area contributed by atoms with Crippen molar-refractivity contribution in [3.63, 3.8) is 0 Å². The maximum absolute atomic E-state index is 13.1. The van der Waals surface area contributed by atoms with E-state index in [2.05, 4.69) is 41.1 Å². The summed E-state index contributed by atoms with van der Waals surface area (Å²) in [5.74, 6) is -0.820. The van der Waals surface area contributed by atoms with Gasteiger partial charge in [-0.1, -0.05) is 84.4 Å². The number of carboxylic acid groups (broad SMARTS) is 1. The van der Waals surface area contributed by atoms with Gasteiger partial charge in [-0.05, 0) is 67.9 Å². The van der Waals surface area contributed by atoms with Crippen LogP contribution in [-0.4, -0.2) is 31.6 Å². The summed E-state index contributed by atoms with van der Waals surface area (Å²) in [6.45, 7) is 2.38. The molecular formula is C32H37NO5S. The minimum atomic E-state index is -3.66. The van der Waals surface area contributed by atoms with Gasteiger partial charge < -0.3 is 9.84 Å². The first-order valence-corrected chi connectivity index (χ1v) is 15.0. The number of hydrogen-bond donors (Lipinski definition) is 2. The number of rotatable bonds is 13. The van der Waals surface area contributed by atoms with E-state index in [9.17, 15) is 13.2 Å². The van der Waals surface area contributed by atoms with E-state index in [1.807, 2.05) is 37.3 Å². The lowest BCUT2D eigenvalue weighted by atomic mass is 9.97. The van der Waals surface area contributed by atoms with Gasteiger partial charge in [-0.2, -0.15) is 0 Å². The molecule has 0 saturated heterocycles. The Hall–Kier alpha value is -3.26. The van der Waals surface area contributed by atoms with E-state index in [1.165, 1.54) is 5.56 Å². The Morgan fingerprint density at radius 2 is 1.64 bits per heavy atom. The van der Waals surface area contributed by atoms with Crippen LogP contribution in [0.3, 0.4) is 0 Å². The number of nitrogens with one attached hydrogen (secondary N) is 1. The minimum Gasteiger partial charge on any atom is -0.481 e. The molecule has 206 valence electrons. The second kappa shape index (κ2) is 13.7. The summed E-state index contributed by atoms with van der Waals surface area (Å²) in [5, 5.41) is 8.85. The number of benzene rings is 3. The summed E-state index contributed by atoms with van der Waals surface area (Å²) in [7, 11) is -3.66. The van der Waals surface area contributed by atoms with Crippen molar-refractivity contribution in [2.24, 2.45) is 5.92 Å². The SMILES string of the molecule is Cc1ccc(S(=O)(=O)N[C@H]2CC[C@H](OCc3ccc(-c4ccccc4)cc3)[C@@H]2CC=CCCCC(=O)O)cc1. The zero-order valence-corrected chi connectivity index (χ0v) is 23.1. The van der Waals surface area contributed by atoms with Gasteiger partial charge in [0.15, 0.2) is 0 Å². The van der Waals surface area contributed by atoms with Crippen LogP contribution in [0.15, 0.2) is 95.9 Å². The van der Waals surface area contributed by atoms with Gasteiger partial charge in [0.25, 0.3) is 0 Å². The van der Waals surface area contributed by atoms with E-state index in [4.69, 9.17) is 9.84 Å². The molecule has 1 saturated carbocycles. The summed E-state index contributed by atoms with van der Waals surface area (Å²) in [6, 6.07) is 25.2. The molecule has 0 radical (unpaired) electrons. The molecule has 6 nitrogen and oxygen atoms in total. The molecule has 0 amide bonds. The normalized spacial score (nSPS) is 19.5. The van der Waals surface area contributed by atoms with Crippen LogP contribution >= 0.6 is 0 Å². The van der Waals surface area contributed by atoms with Crippen molar-refractivity contribution in [1.29, 1.82) is 0 Å². The highest BCUT2D eigenvalue weighted by Gasteiger charge is 2.38. The third-order valence-corrected chi connectivity index (χ3v) is 8.76. The number of hydrogen-bond acceptors (Lipinski definition) is 4. The van der Waals surface area contributed by atoms with E-state index in [0.717, 1.165) is 23.1 Å². The summed E-state index contributed by atoms with van der Waals surface area (Å²) < 4.78 is 35.6. The van der Waals surface area contributed by atoms with E-state index >= 15 is 0 Å². The molecule has 0 unspecified atom stereocenters. The molecule has 4 rings (SSSR count). The number of carbonyl (C=O) groups is 1. The van der Waals surface area contributed by atoms with Crippen LogP contribution in [0.4, 0.5) is 0 Å². The molecule has 0 spiro atoms. The fourth-order valence-corrected chi connectivity index (χ4v) is 6.38. The highest BCUT2D eigenvalue weighted by atomic mass is 32.2. The van der Waals surface area contributed by atoms with Crippen molar-refractivity contribution >= 4 is 16.0 Å². The van der Waals surface area contributed by atoms with Crippen molar-refractivity contribution in [2.75, 3.05) is 0 Å². The predicted molar refractivity (Wildman–Crippen MR) is 154 cm³/mol. The number of unbranched alkanes of at least 4 members (excludes halogenated alkanes) is 1. The van der Waals surface area contributed by atoms with Gasteiger partial charge >= 0.3 is 5.97 Å². The van der Waals surface area contributed by atoms with E-state index < -0.39 is 16.0 Å². The first-order valence-electron chi connectivity index (χ1n) is 13.5. The second-order valence-corrected chi connectivity index (χ2v) is 11.9. The lowest BCUT2D eigenvalue weighted by molar-refractivity contribution is -0.137. The molecule has 1 aliphatic rings. The average molecular weight is 548 g/mol. The van der Waals surface area contributed by atoms with Crippen LogP contribution in [0.2, 0.25) is 0 Å². The van der Waals surface area contributed by atoms with Gasteiger partial charge in [-0.3, -0.25) is 4.79 Å². The number of sulfonamides is 1. The molecule has 7 heteroatoms. The molecule has 3 atom stereocenters. The fourth-order valence-electron chi connectivity index (χ4n) is 5.05. The summed E-state index contributed by atoms with van der Waals surface area (Å²) in [5.41, 5.74) is 4.39. The number of allylic oxidation sites excluding steroid dienone is 2. The van der Waals surface area contributed by atoms with Gasteiger partial charge in [0.2, 0.25) is 10.0 Å². The fraction of sp³-hybridized carbons (Fsp3) is 0.344. The summed E-state index contributed by atoms with van der Waals surface area (Å²) in [6.07, 6.45) is 7.46. The molecule has 0 aliphatic heterocycles. The molecule has 3 aromatic carbocycles. The number of carboxylic acids is 1. The third kappa shape index (κ3) is 8.36. The van der Waals surface area contributed by atoms with E-state index in [0.29, 0.717) is 32.3 Å².